The van der Waals surface area contributed by atoms with Gasteiger partial charge in [-0.25, -0.2) is 13.2 Å². The van der Waals surface area contributed by atoms with Crippen molar-refractivity contribution in [1.29, 1.82) is 0 Å². The normalized spacial score (nSPS) is 11.3. The summed E-state index contributed by atoms with van der Waals surface area (Å²) in [4.78, 5) is 12.7. The van der Waals surface area contributed by atoms with Crippen LogP contribution in [-0.2, 0) is 9.84 Å². The van der Waals surface area contributed by atoms with Crippen molar-refractivity contribution in [1.82, 2.24) is 4.31 Å². The fourth-order valence-corrected chi connectivity index (χ4v) is 4.55. The lowest BCUT2D eigenvalue weighted by Gasteiger charge is -2.21. The van der Waals surface area contributed by atoms with Crippen molar-refractivity contribution in [3.8, 4) is 0 Å². The molecular formula is C17H17Cl3N2O3S2. The van der Waals surface area contributed by atoms with Gasteiger partial charge in [-0.05, 0) is 54.4 Å². The molecule has 0 unspecified atom stereocenters. The molecule has 0 saturated carbocycles. The maximum atomic E-state index is 12.5. The Kier molecular flexibility index (Phi) is 8.12. The summed E-state index contributed by atoms with van der Waals surface area (Å²) in [6.07, 6.45) is 0. The van der Waals surface area contributed by atoms with E-state index in [1.165, 1.54) is 46.6 Å². The van der Waals surface area contributed by atoms with Gasteiger partial charge in [0, 0.05) is 23.0 Å². The van der Waals surface area contributed by atoms with Crippen LogP contribution in [0.4, 0.5) is 10.5 Å². The minimum absolute atomic E-state index is 0.0244. The van der Waals surface area contributed by atoms with E-state index in [1.807, 2.05) is 6.92 Å². The third-order valence-electron chi connectivity index (χ3n) is 3.42. The molecule has 2 rings (SSSR count). The van der Waals surface area contributed by atoms with Crippen molar-refractivity contribution in [2.45, 2.75) is 11.8 Å². The number of hydrogen-bond donors (Lipinski definition) is 1. The van der Waals surface area contributed by atoms with Crippen LogP contribution in [0.25, 0.3) is 0 Å². The van der Waals surface area contributed by atoms with Crippen LogP contribution in [-0.4, -0.2) is 36.8 Å². The molecule has 0 radical (unpaired) electrons. The Morgan fingerprint density at radius 1 is 1.07 bits per heavy atom. The summed E-state index contributed by atoms with van der Waals surface area (Å²) in [6.45, 7) is 1.90. The lowest BCUT2D eigenvalue weighted by Crippen LogP contribution is -2.33. The molecular weight excluding hydrogens is 451 g/mol. The quantitative estimate of drug-likeness (QED) is 0.536. The van der Waals surface area contributed by atoms with E-state index < -0.39 is 15.9 Å². The zero-order valence-corrected chi connectivity index (χ0v) is 18.2. The van der Waals surface area contributed by atoms with Gasteiger partial charge in [-0.2, -0.15) is 0 Å². The highest BCUT2D eigenvalue weighted by Crippen LogP contribution is 2.25. The molecule has 2 aromatic rings. The van der Waals surface area contributed by atoms with Crippen molar-refractivity contribution in [3.63, 3.8) is 0 Å². The second-order valence-corrected chi connectivity index (χ2v) is 9.99. The van der Waals surface area contributed by atoms with Crippen LogP contribution in [0.3, 0.4) is 0 Å². The minimum atomic E-state index is -3.54. The van der Waals surface area contributed by atoms with Gasteiger partial charge in [-0.15, -0.1) is 0 Å². The summed E-state index contributed by atoms with van der Waals surface area (Å²) in [7, 11) is -3.54. The summed E-state index contributed by atoms with van der Waals surface area (Å²) >= 11 is 18.8. The average Bonchev–Trinajstić information content (AvgIpc) is 2.62. The Labute approximate surface area is 178 Å². The first-order valence-corrected chi connectivity index (χ1v) is 11.6. The molecule has 2 aromatic carbocycles. The van der Waals surface area contributed by atoms with Crippen molar-refractivity contribution < 1.29 is 13.2 Å². The second-order valence-electron chi connectivity index (χ2n) is 5.35. The van der Waals surface area contributed by atoms with E-state index >= 15 is 0 Å². The van der Waals surface area contributed by atoms with E-state index in [2.05, 4.69) is 5.32 Å². The van der Waals surface area contributed by atoms with Crippen LogP contribution >= 0.6 is 46.8 Å². The lowest BCUT2D eigenvalue weighted by molar-refractivity contribution is 0.240. The third kappa shape index (κ3) is 6.47. The summed E-state index contributed by atoms with van der Waals surface area (Å²) in [5.41, 5.74) is 0.469. The number of carbonyl (C=O) groups excluding carboxylic acids is 1. The monoisotopic (exact) mass is 466 g/mol. The number of sulfone groups is 1. The SMILES string of the molecule is CCSN(CCS(=O)(=O)c1ccc(Cl)cc1)C(=O)Nc1ccc(Cl)c(Cl)c1. The van der Waals surface area contributed by atoms with Crippen molar-refractivity contribution >= 4 is 68.3 Å². The fourth-order valence-electron chi connectivity index (χ4n) is 2.10. The predicted molar refractivity (Wildman–Crippen MR) is 114 cm³/mol. The van der Waals surface area contributed by atoms with Gasteiger partial charge in [-0.1, -0.05) is 41.7 Å². The first-order chi connectivity index (χ1) is 12.7. The molecule has 5 nitrogen and oxygen atoms in total. The number of carbonyl (C=O) groups is 1. The fraction of sp³-hybridized carbons (Fsp3) is 0.235. The van der Waals surface area contributed by atoms with Gasteiger partial charge in [0.05, 0.1) is 20.7 Å². The molecule has 1 N–H and O–H groups in total. The van der Waals surface area contributed by atoms with Crippen LogP contribution in [0.5, 0.6) is 0 Å². The zero-order valence-electron chi connectivity index (χ0n) is 14.3. The average molecular weight is 468 g/mol. The predicted octanol–water partition coefficient (Wildman–Crippen LogP) is 5.62. The van der Waals surface area contributed by atoms with Gasteiger partial charge in [0.25, 0.3) is 0 Å². The molecule has 10 heteroatoms. The first kappa shape index (κ1) is 22.2. The third-order valence-corrected chi connectivity index (χ3v) is 7.04. The smallest absolute Gasteiger partial charge is 0.307 e. The number of benzene rings is 2. The first-order valence-electron chi connectivity index (χ1n) is 7.87. The summed E-state index contributed by atoms with van der Waals surface area (Å²) in [6, 6.07) is 10.2. The van der Waals surface area contributed by atoms with Gasteiger partial charge in [-0.3, -0.25) is 4.31 Å². The minimum Gasteiger partial charge on any atom is -0.307 e. The van der Waals surface area contributed by atoms with Gasteiger partial charge in [0.15, 0.2) is 9.84 Å². The summed E-state index contributed by atoms with van der Waals surface area (Å²) in [5, 5.41) is 3.84. The molecule has 0 atom stereocenters. The van der Waals surface area contributed by atoms with Gasteiger partial charge in [0.1, 0.15) is 0 Å². The van der Waals surface area contributed by atoms with Crippen LogP contribution in [0.1, 0.15) is 6.92 Å². The molecule has 0 heterocycles. The molecule has 2 amide bonds. The van der Waals surface area contributed by atoms with E-state index in [9.17, 15) is 13.2 Å². The van der Waals surface area contributed by atoms with Crippen LogP contribution < -0.4 is 5.32 Å². The molecule has 0 aliphatic carbocycles. The molecule has 146 valence electrons. The summed E-state index contributed by atoms with van der Waals surface area (Å²) < 4.78 is 26.3. The molecule has 27 heavy (non-hydrogen) atoms. The number of amides is 2. The number of nitrogens with zero attached hydrogens (tertiary/aromatic N) is 1. The van der Waals surface area contributed by atoms with Crippen LogP contribution in [0, 0.1) is 0 Å². The van der Waals surface area contributed by atoms with Gasteiger partial charge >= 0.3 is 6.03 Å². The van der Waals surface area contributed by atoms with E-state index in [0.717, 1.165) is 0 Å². The highest BCUT2D eigenvalue weighted by atomic mass is 35.5. The second kappa shape index (κ2) is 9.89. The lowest BCUT2D eigenvalue weighted by atomic mass is 10.3. The van der Waals surface area contributed by atoms with E-state index in [1.54, 1.807) is 12.1 Å². The molecule has 0 aromatic heterocycles. The number of nitrogens with one attached hydrogen (secondary N) is 1. The number of hydrogen-bond acceptors (Lipinski definition) is 4. The van der Waals surface area contributed by atoms with Gasteiger partial charge in [0.2, 0.25) is 0 Å². The summed E-state index contributed by atoms with van der Waals surface area (Å²) in [5.74, 6) is 0.395. The van der Waals surface area contributed by atoms with E-state index in [-0.39, 0.29) is 17.2 Å². The van der Waals surface area contributed by atoms with Crippen molar-refractivity contribution in [3.05, 3.63) is 57.5 Å². The molecule has 0 aliphatic rings. The largest absolute Gasteiger partial charge is 0.331 e. The standard InChI is InChI=1S/C17H17Cl3N2O3S2/c1-2-26-22(17(23)21-13-5-8-15(19)16(20)11-13)9-10-27(24,25)14-6-3-12(18)4-7-14/h3-8,11H,2,9-10H2,1H3,(H,21,23). The Bertz CT molecular complexity index is 906. The molecule has 0 fully saturated rings. The Morgan fingerprint density at radius 2 is 1.74 bits per heavy atom. The Hall–Kier alpha value is -1.12. The van der Waals surface area contributed by atoms with E-state index in [0.29, 0.717) is 26.5 Å². The topological polar surface area (TPSA) is 66.5 Å². The molecule has 0 aliphatic heterocycles. The van der Waals surface area contributed by atoms with Crippen LogP contribution in [0.15, 0.2) is 47.4 Å². The molecule has 0 spiro atoms. The maximum Gasteiger partial charge on any atom is 0.331 e. The maximum absolute atomic E-state index is 12.5. The van der Waals surface area contributed by atoms with Crippen LogP contribution in [0.2, 0.25) is 15.1 Å². The highest BCUT2D eigenvalue weighted by Gasteiger charge is 2.20. The van der Waals surface area contributed by atoms with Gasteiger partial charge < -0.3 is 5.32 Å². The number of rotatable bonds is 7. The zero-order chi connectivity index (χ0) is 20.0. The Balaban J connectivity index is 2.06. The molecule has 0 saturated heterocycles. The Morgan fingerprint density at radius 3 is 2.33 bits per heavy atom. The molecule has 0 bridgehead atoms. The number of anilines is 1. The van der Waals surface area contributed by atoms with E-state index in [4.69, 9.17) is 34.8 Å². The number of urea groups is 1. The van der Waals surface area contributed by atoms with Crippen molar-refractivity contribution in [2.24, 2.45) is 0 Å². The number of halogens is 3. The van der Waals surface area contributed by atoms with Crippen molar-refractivity contribution in [2.75, 3.05) is 23.4 Å². The highest BCUT2D eigenvalue weighted by molar-refractivity contribution is 7.97.